The molecule has 5 aliphatic carbocycles. The molecular formula is C42H66N6O5. The summed E-state index contributed by atoms with van der Waals surface area (Å²) in [5, 5.41) is 8.25. The molecule has 13 atom stereocenters. The topological polar surface area (TPSA) is 125 Å². The van der Waals surface area contributed by atoms with Crippen molar-refractivity contribution < 1.29 is 23.8 Å². The van der Waals surface area contributed by atoms with Crippen molar-refractivity contribution >= 4 is 12.2 Å². The zero-order valence-corrected chi connectivity index (χ0v) is 33.7. The molecule has 9 rings (SSSR count). The first kappa shape index (κ1) is 36.3. The van der Waals surface area contributed by atoms with Crippen molar-refractivity contribution in [1.82, 2.24) is 24.6 Å². The summed E-state index contributed by atoms with van der Waals surface area (Å²) in [5.41, 5.74) is 8.25. The molecule has 0 radical (unpaired) electrons. The minimum atomic E-state index is -0.371. The molecule has 294 valence electrons. The molecule has 5 saturated carbocycles. The lowest BCUT2D eigenvalue weighted by atomic mass is 9.36. The van der Waals surface area contributed by atoms with Crippen LogP contribution in [0.2, 0.25) is 0 Å². The zero-order chi connectivity index (χ0) is 37.5. The van der Waals surface area contributed by atoms with E-state index in [-0.39, 0.29) is 81.1 Å². The number of nitrogens with zero attached hydrogens (tertiary/aromatic N) is 5. The number of likely N-dealkylation sites (tertiary alicyclic amines) is 1. The van der Waals surface area contributed by atoms with Crippen LogP contribution in [0.15, 0.2) is 6.33 Å². The summed E-state index contributed by atoms with van der Waals surface area (Å²) in [7, 11) is 0. The maximum absolute atomic E-state index is 13.6. The zero-order valence-electron chi connectivity index (χ0n) is 33.7. The van der Waals surface area contributed by atoms with Crippen LogP contribution in [0.25, 0.3) is 0 Å². The lowest BCUT2D eigenvalue weighted by molar-refractivity contribution is -0.197. The second-order valence-corrected chi connectivity index (χ2v) is 20.4. The number of carbonyl (C=O) groups is 2. The van der Waals surface area contributed by atoms with Gasteiger partial charge in [-0.15, -0.1) is 10.2 Å². The van der Waals surface area contributed by atoms with Crippen molar-refractivity contribution in [2.75, 3.05) is 19.6 Å². The number of hydrogen-bond donors (Lipinski definition) is 1. The van der Waals surface area contributed by atoms with Crippen LogP contribution in [0.4, 0.5) is 9.59 Å². The standard InChI is InChI=1S/C42H66N6O5/c1-9-40-14-11-29-37(6,7)30(52-36(50)47-19-20-48-24-44-45-31(48)22-47)12-13-39(29)23-41(39,40)16-15-38(8)32-26(4)21-28(51-34(32)27(5)42(38,40)43)33(25(2)3)53-35(49)46-17-10-18-46/h24-30,32-34H,9-23,43H2,1-8H3/t26-,27+,28-,29+,30+,32+,33-,34-,38-,39?,40-,41-,42+/m1/s1. The number of ether oxygens (including phenoxy) is 3. The lowest BCUT2D eigenvalue weighted by Gasteiger charge is -2.70. The molecule has 2 saturated heterocycles. The van der Waals surface area contributed by atoms with Gasteiger partial charge in [0, 0.05) is 43.1 Å². The summed E-state index contributed by atoms with van der Waals surface area (Å²) >= 11 is 0. The predicted molar refractivity (Wildman–Crippen MR) is 199 cm³/mol. The van der Waals surface area contributed by atoms with Crippen LogP contribution in [0.5, 0.6) is 0 Å². The van der Waals surface area contributed by atoms with E-state index in [4.69, 9.17) is 19.9 Å². The molecule has 11 heteroatoms. The summed E-state index contributed by atoms with van der Waals surface area (Å²) < 4.78 is 22.1. The van der Waals surface area contributed by atoms with E-state index in [1.165, 1.54) is 12.8 Å². The van der Waals surface area contributed by atoms with Gasteiger partial charge in [0.2, 0.25) is 0 Å². The number of rotatable bonds is 5. The number of nitrogens with two attached hydrogens (primary N) is 1. The van der Waals surface area contributed by atoms with E-state index in [0.29, 0.717) is 37.4 Å². The molecule has 0 aromatic carbocycles. The van der Waals surface area contributed by atoms with Gasteiger partial charge in [-0.05, 0) is 110 Å². The SMILES string of the molecule is CC[C@@]12CC[C@H]3C(C)(C)[C@@H](OC(=O)N4CCn5cnnc5C4)CCC34C[C@]41CC[C@]1(C)[C@@H]3[C@H](O[C@@H]([C@H](OC(=O)N4CCC4)C(C)C)C[C@H]3C)[C@H](C)[C@@]21N. The molecular weight excluding hydrogens is 668 g/mol. The van der Waals surface area contributed by atoms with Gasteiger partial charge in [-0.2, -0.15) is 0 Å². The fourth-order valence-corrected chi connectivity index (χ4v) is 15.7. The first-order valence-corrected chi connectivity index (χ1v) is 21.3. The Morgan fingerprint density at radius 3 is 2.49 bits per heavy atom. The fraction of sp³-hybridized carbons (Fsp3) is 0.905. The maximum Gasteiger partial charge on any atom is 0.410 e. The maximum atomic E-state index is 13.6. The van der Waals surface area contributed by atoms with Crippen LogP contribution in [-0.4, -0.2) is 86.3 Å². The molecule has 1 unspecified atom stereocenters. The van der Waals surface area contributed by atoms with Crippen molar-refractivity contribution in [2.45, 2.75) is 163 Å². The van der Waals surface area contributed by atoms with Crippen molar-refractivity contribution in [3.63, 3.8) is 0 Å². The van der Waals surface area contributed by atoms with Gasteiger partial charge >= 0.3 is 12.2 Å². The molecule has 2 spiro atoms. The second kappa shape index (κ2) is 11.8. The van der Waals surface area contributed by atoms with Crippen molar-refractivity contribution in [3.8, 4) is 0 Å². The molecule has 1 aromatic heterocycles. The molecule has 53 heavy (non-hydrogen) atoms. The third kappa shape index (κ3) is 4.47. The predicted octanol–water partition coefficient (Wildman–Crippen LogP) is 7.03. The molecule has 7 fully saturated rings. The highest BCUT2D eigenvalue weighted by Gasteiger charge is 2.89. The number of fused-ring (bicyclic) bond motifs is 5. The van der Waals surface area contributed by atoms with Crippen LogP contribution >= 0.6 is 0 Å². The minimum absolute atomic E-state index is 0.0175. The van der Waals surface area contributed by atoms with Gasteiger partial charge in [-0.25, -0.2) is 9.59 Å². The second-order valence-electron chi connectivity index (χ2n) is 20.4. The number of amides is 2. The van der Waals surface area contributed by atoms with Crippen LogP contribution in [-0.2, 0) is 27.3 Å². The van der Waals surface area contributed by atoms with E-state index in [1.807, 2.05) is 9.47 Å². The number of hydrogen-bond acceptors (Lipinski definition) is 8. The highest BCUT2D eigenvalue weighted by molar-refractivity contribution is 5.69. The van der Waals surface area contributed by atoms with Gasteiger partial charge in [0.1, 0.15) is 18.5 Å². The van der Waals surface area contributed by atoms with Crippen LogP contribution in [0.1, 0.15) is 125 Å². The Hall–Kier alpha value is -2.40. The van der Waals surface area contributed by atoms with E-state index >= 15 is 0 Å². The van der Waals surface area contributed by atoms with Gasteiger partial charge in [-0.1, -0.05) is 55.4 Å². The van der Waals surface area contributed by atoms with E-state index < -0.39 is 0 Å². The smallest absolute Gasteiger partial charge is 0.410 e. The van der Waals surface area contributed by atoms with Crippen molar-refractivity contribution in [3.05, 3.63) is 12.2 Å². The van der Waals surface area contributed by atoms with Gasteiger partial charge in [0.25, 0.3) is 0 Å². The first-order chi connectivity index (χ1) is 25.1. The Labute approximate surface area is 316 Å². The van der Waals surface area contributed by atoms with Gasteiger partial charge in [0.15, 0.2) is 5.82 Å². The average molecular weight is 735 g/mol. The third-order valence-corrected chi connectivity index (χ3v) is 18.2. The Bertz CT molecular complexity index is 1640. The van der Waals surface area contributed by atoms with E-state index in [9.17, 15) is 9.59 Å². The normalized spacial score (nSPS) is 46.8. The molecule has 3 aliphatic heterocycles. The molecule has 11 nitrogen and oxygen atoms in total. The fourth-order valence-electron chi connectivity index (χ4n) is 15.7. The van der Waals surface area contributed by atoms with Gasteiger partial charge in [0.05, 0.1) is 18.8 Å². The Balaban J connectivity index is 0.976. The Kier molecular flexibility index (Phi) is 8.08. The summed E-state index contributed by atoms with van der Waals surface area (Å²) in [6.45, 7) is 22.3. The first-order valence-electron chi connectivity index (χ1n) is 21.3. The molecule has 2 N–H and O–H groups in total. The Morgan fingerprint density at radius 1 is 1.02 bits per heavy atom. The number of carbonyl (C=O) groups excluding carboxylic acids is 2. The monoisotopic (exact) mass is 735 g/mol. The molecule has 8 aliphatic rings. The summed E-state index contributed by atoms with van der Waals surface area (Å²) in [5.74, 6) is 2.47. The minimum Gasteiger partial charge on any atom is -0.446 e. The summed E-state index contributed by atoms with van der Waals surface area (Å²) in [4.78, 5) is 30.3. The summed E-state index contributed by atoms with van der Waals surface area (Å²) in [6.07, 6.45) is 11.8. The summed E-state index contributed by atoms with van der Waals surface area (Å²) in [6, 6.07) is 0. The van der Waals surface area contributed by atoms with E-state index in [1.54, 1.807) is 11.2 Å². The van der Waals surface area contributed by atoms with E-state index in [0.717, 1.165) is 70.3 Å². The molecule has 1 aromatic rings. The van der Waals surface area contributed by atoms with Crippen LogP contribution in [0.3, 0.4) is 0 Å². The van der Waals surface area contributed by atoms with E-state index in [2.05, 4.69) is 65.6 Å². The quantitative estimate of drug-likeness (QED) is 0.342. The van der Waals surface area contributed by atoms with Crippen molar-refractivity contribution in [2.24, 2.45) is 62.4 Å². The van der Waals surface area contributed by atoms with Crippen molar-refractivity contribution in [1.29, 1.82) is 0 Å². The molecule has 2 amide bonds. The largest absolute Gasteiger partial charge is 0.446 e. The van der Waals surface area contributed by atoms with Gasteiger partial charge in [-0.3, -0.25) is 4.90 Å². The molecule has 4 heterocycles. The van der Waals surface area contributed by atoms with Crippen LogP contribution in [0, 0.1) is 56.7 Å². The van der Waals surface area contributed by atoms with Gasteiger partial charge < -0.3 is 29.4 Å². The lowest BCUT2D eigenvalue weighted by Crippen LogP contribution is -2.74. The number of aromatic nitrogens is 3. The Morgan fingerprint density at radius 2 is 1.79 bits per heavy atom. The van der Waals surface area contributed by atoms with Crippen LogP contribution < -0.4 is 5.73 Å². The molecule has 0 bridgehead atoms. The average Bonchev–Trinajstić information content (AvgIpc) is 3.44. The highest BCUT2D eigenvalue weighted by atomic mass is 16.6. The highest BCUT2D eigenvalue weighted by Crippen LogP contribution is 2.92. The third-order valence-electron chi connectivity index (χ3n) is 18.2.